The number of carboxylic acid groups (broad SMARTS) is 2. The molecule has 0 aromatic heterocycles. The van der Waals surface area contributed by atoms with Crippen LogP contribution in [0.1, 0.15) is 38.7 Å². The second-order valence-electron chi connectivity index (χ2n) is 5.59. The highest BCUT2D eigenvalue weighted by Crippen LogP contribution is 2.24. The zero-order valence-corrected chi connectivity index (χ0v) is 13.8. The van der Waals surface area contributed by atoms with E-state index in [9.17, 15) is 24.6 Å². The Bertz CT molecular complexity index is 554. The van der Waals surface area contributed by atoms with Gasteiger partial charge in [0.2, 0.25) is 5.54 Å². The summed E-state index contributed by atoms with van der Waals surface area (Å²) in [5, 5.41) is 20.9. The highest BCUT2D eigenvalue weighted by atomic mass is 16.5. The lowest BCUT2D eigenvalue weighted by Crippen LogP contribution is -2.61. The normalized spacial score (nSPS) is 11.1. The zero-order valence-electron chi connectivity index (χ0n) is 13.8. The molecule has 0 bridgehead atoms. The molecule has 3 N–H and O–H groups in total. The van der Waals surface area contributed by atoms with Gasteiger partial charge in [-0.15, -0.1) is 0 Å². The molecule has 7 nitrogen and oxygen atoms in total. The average molecular weight is 337 g/mol. The van der Waals surface area contributed by atoms with Gasteiger partial charge in [0, 0.05) is 0 Å². The number of carbonyl (C=O) groups excluding carboxylic acids is 1. The summed E-state index contributed by atoms with van der Waals surface area (Å²) in [6, 6.07) is 8.81. The number of nitrogens with one attached hydrogen (secondary N) is 1. The van der Waals surface area contributed by atoms with Crippen LogP contribution in [-0.4, -0.2) is 33.8 Å². The molecule has 1 aromatic carbocycles. The number of aliphatic carboxylic acids is 2. The van der Waals surface area contributed by atoms with Crippen LogP contribution < -0.4 is 5.32 Å². The average Bonchev–Trinajstić information content (AvgIpc) is 2.57. The van der Waals surface area contributed by atoms with E-state index in [-0.39, 0.29) is 18.9 Å². The smallest absolute Gasteiger partial charge is 0.408 e. The molecule has 0 saturated carbocycles. The third kappa shape index (κ3) is 4.97. The molecule has 0 fully saturated rings. The molecule has 1 amide bonds. The number of alkyl carbamates (subject to hydrolysis) is 1. The Morgan fingerprint density at radius 2 is 1.62 bits per heavy atom. The first-order valence-corrected chi connectivity index (χ1v) is 7.81. The van der Waals surface area contributed by atoms with Crippen molar-refractivity contribution in [2.75, 3.05) is 0 Å². The molecule has 1 aromatic rings. The molecule has 1 rings (SSSR count). The Hall–Kier alpha value is -2.57. The van der Waals surface area contributed by atoms with E-state index in [1.165, 1.54) is 0 Å². The number of carboxylic acids is 2. The van der Waals surface area contributed by atoms with Gasteiger partial charge in [-0.05, 0) is 17.9 Å². The Kier molecular flexibility index (Phi) is 7.23. The number of benzene rings is 1. The number of rotatable bonds is 9. The molecule has 0 heterocycles. The Morgan fingerprint density at radius 1 is 1.08 bits per heavy atom. The molecule has 0 unspecified atom stereocenters. The first-order valence-electron chi connectivity index (χ1n) is 7.81. The molecule has 0 aliphatic heterocycles. The van der Waals surface area contributed by atoms with Crippen molar-refractivity contribution in [1.29, 1.82) is 0 Å². The van der Waals surface area contributed by atoms with Crippen LogP contribution in [0.5, 0.6) is 0 Å². The van der Waals surface area contributed by atoms with Crippen LogP contribution in [0.25, 0.3) is 0 Å². The molecule has 24 heavy (non-hydrogen) atoms. The van der Waals surface area contributed by atoms with Crippen LogP contribution in [-0.2, 0) is 20.9 Å². The fraction of sp³-hybridized carbons (Fsp3) is 0.471. The lowest BCUT2D eigenvalue weighted by Gasteiger charge is -2.29. The van der Waals surface area contributed by atoms with Crippen molar-refractivity contribution >= 4 is 18.0 Å². The second-order valence-corrected chi connectivity index (χ2v) is 5.59. The van der Waals surface area contributed by atoms with Gasteiger partial charge in [-0.25, -0.2) is 14.4 Å². The predicted molar refractivity (Wildman–Crippen MR) is 86.5 cm³/mol. The Morgan fingerprint density at radius 3 is 2.08 bits per heavy atom. The molecule has 0 spiro atoms. The maximum absolute atomic E-state index is 11.9. The highest BCUT2D eigenvalue weighted by molar-refractivity contribution is 6.05. The molecule has 0 aliphatic rings. The largest absolute Gasteiger partial charge is 0.479 e. The third-order valence-corrected chi connectivity index (χ3v) is 4.01. The van der Waals surface area contributed by atoms with Crippen LogP contribution in [0.2, 0.25) is 0 Å². The summed E-state index contributed by atoms with van der Waals surface area (Å²) >= 11 is 0. The van der Waals surface area contributed by atoms with Crippen molar-refractivity contribution in [3.05, 3.63) is 35.9 Å². The molecule has 0 radical (unpaired) electrons. The summed E-state index contributed by atoms with van der Waals surface area (Å²) in [5.74, 6) is -3.37. The van der Waals surface area contributed by atoms with E-state index < -0.39 is 23.6 Å². The monoisotopic (exact) mass is 337 g/mol. The van der Waals surface area contributed by atoms with E-state index in [4.69, 9.17) is 4.74 Å². The van der Waals surface area contributed by atoms with Gasteiger partial charge >= 0.3 is 18.0 Å². The first-order chi connectivity index (χ1) is 11.4. The molecule has 132 valence electrons. The first kappa shape index (κ1) is 19.5. The maximum atomic E-state index is 11.9. The van der Waals surface area contributed by atoms with Crippen molar-refractivity contribution in [3.63, 3.8) is 0 Å². The van der Waals surface area contributed by atoms with Gasteiger partial charge < -0.3 is 14.9 Å². The number of hydrogen-bond donors (Lipinski definition) is 3. The molecule has 0 saturated heterocycles. The van der Waals surface area contributed by atoms with Crippen LogP contribution in [0.4, 0.5) is 4.79 Å². The molecular formula is C17H23NO6. The number of hydrogen-bond acceptors (Lipinski definition) is 4. The van der Waals surface area contributed by atoms with Crippen molar-refractivity contribution in [2.45, 2.75) is 45.3 Å². The highest BCUT2D eigenvalue weighted by Gasteiger charge is 2.49. The van der Waals surface area contributed by atoms with Crippen molar-refractivity contribution < 1.29 is 29.3 Å². The lowest BCUT2D eigenvalue weighted by molar-refractivity contribution is -0.160. The maximum Gasteiger partial charge on any atom is 0.408 e. The van der Waals surface area contributed by atoms with Crippen molar-refractivity contribution in [2.24, 2.45) is 5.92 Å². The fourth-order valence-electron chi connectivity index (χ4n) is 2.37. The van der Waals surface area contributed by atoms with Gasteiger partial charge in [0.25, 0.3) is 0 Å². The minimum Gasteiger partial charge on any atom is -0.479 e. The van der Waals surface area contributed by atoms with E-state index in [2.05, 4.69) is 0 Å². The molecule has 0 aliphatic carbocycles. The minimum atomic E-state index is -2.40. The predicted octanol–water partition coefficient (Wildman–Crippen LogP) is 2.65. The summed E-state index contributed by atoms with van der Waals surface area (Å²) in [4.78, 5) is 35.1. The van der Waals surface area contributed by atoms with Crippen molar-refractivity contribution in [1.82, 2.24) is 5.32 Å². The standard InChI is InChI=1S/C17H23NO6/c1-3-12(4-2)10-17(14(19)20,15(21)22)18-16(23)24-11-13-8-6-5-7-9-13/h5-9,12H,3-4,10-11H2,1-2H3,(H,18,23)(H,19,20)(H,21,22). The SMILES string of the molecule is CCC(CC)CC(NC(=O)OCc1ccccc1)(C(=O)O)C(=O)O. The topological polar surface area (TPSA) is 113 Å². The van der Waals surface area contributed by atoms with E-state index in [1.54, 1.807) is 30.3 Å². The van der Waals surface area contributed by atoms with E-state index in [0.717, 1.165) is 0 Å². The zero-order chi connectivity index (χ0) is 18.2. The molecule has 0 atom stereocenters. The fourth-order valence-corrected chi connectivity index (χ4v) is 2.37. The molecule has 7 heteroatoms. The van der Waals surface area contributed by atoms with E-state index in [0.29, 0.717) is 18.4 Å². The van der Waals surface area contributed by atoms with Crippen LogP contribution >= 0.6 is 0 Å². The summed E-state index contributed by atoms with van der Waals surface area (Å²) in [5.41, 5.74) is -1.69. The van der Waals surface area contributed by atoms with Gasteiger partial charge in [-0.1, -0.05) is 57.0 Å². The summed E-state index contributed by atoms with van der Waals surface area (Å²) in [6.45, 7) is 3.61. The van der Waals surface area contributed by atoms with Gasteiger partial charge in [0.05, 0.1) is 0 Å². The van der Waals surface area contributed by atoms with Crippen LogP contribution in [0.15, 0.2) is 30.3 Å². The number of carbonyl (C=O) groups is 3. The van der Waals surface area contributed by atoms with Gasteiger partial charge in [-0.2, -0.15) is 0 Å². The molecular weight excluding hydrogens is 314 g/mol. The minimum absolute atomic E-state index is 0.0764. The summed E-state index contributed by atoms with van der Waals surface area (Å²) in [7, 11) is 0. The summed E-state index contributed by atoms with van der Waals surface area (Å²) in [6.07, 6.45) is -0.0564. The summed E-state index contributed by atoms with van der Waals surface area (Å²) < 4.78 is 4.96. The number of amides is 1. The van der Waals surface area contributed by atoms with Crippen molar-refractivity contribution in [3.8, 4) is 0 Å². The number of ether oxygens (including phenoxy) is 1. The van der Waals surface area contributed by atoms with Gasteiger partial charge in [0.1, 0.15) is 6.61 Å². The van der Waals surface area contributed by atoms with Gasteiger partial charge in [0.15, 0.2) is 0 Å². The third-order valence-electron chi connectivity index (χ3n) is 4.01. The lowest BCUT2D eigenvalue weighted by atomic mass is 9.84. The Balaban J connectivity index is 2.85. The van der Waals surface area contributed by atoms with Crippen LogP contribution in [0.3, 0.4) is 0 Å². The Labute approximate surface area is 140 Å². The second kappa shape index (κ2) is 8.90. The van der Waals surface area contributed by atoms with E-state index in [1.807, 2.05) is 19.2 Å². The van der Waals surface area contributed by atoms with Gasteiger partial charge in [-0.3, -0.25) is 5.32 Å². The quantitative estimate of drug-likeness (QED) is 0.597. The van der Waals surface area contributed by atoms with Crippen LogP contribution in [0, 0.1) is 5.92 Å². The van der Waals surface area contributed by atoms with E-state index >= 15 is 0 Å².